The molecule has 0 aromatic carbocycles. The Morgan fingerprint density at radius 3 is 2.61 bits per heavy atom. The molecule has 2 unspecified atom stereocenters. The highest BCUT2D eigenvalue weighted by Crippen LogP contribution is 2.17. The van der Waals surface area contributed by atoms with Crippen LogP contribution >= 0.6 is 12.4 Å². The van der Waals surface area contributed by atoms with Crippen molar-refractivity contribution in [1.82, 2.24) is 5.32 Å². The summed E-state index contributed by atoms with van der Waals surface area (Å²) in [5.74, 6) is 1.45. The van der Waals surface area contributed by atoms with Crippen molar-refractivity contribution in [2.45, 2.75) is 52.1 Å². The number of aryl methyl sites for hydroxylation is 1. The summed E-state index contributed by atoms with van der Waals surface area (Å²) >= 11 is 0. The number of nitrogens with one attached hydrogen (secondary N) is 1. The zero-order chi connectivity index (χ0) is 13.1. The summed E-state index contributed by atoms with van der Waals surface area (Å²) in [7, 11) is 0. The average Bonchev–Trinajstić information content (AvgIpc) is 2.64. The van der Waals surface area contributed by atoms with Crippen LogP contribution < -0.4 is 11.1 Å². The predicted molar refractivity (Wildman–Crippen MR) is 74.8 cm³/mol. The Balaban J connectivity index is 0.00000289. The number of hydrogen-bond donors (Lipinski definition) is 2. The van der Waals surface area contributed by atoms with Crippen LogP contribution in [0.25, 0.3) is 0 Å². The van der Waals surface area contributed by atoms with Crippen LogP contribution in [-0.4, -0.2) is 11.4 Å². The van der Waals surface area contributed by atoms with Crippen LogP contribution in [-0.2, 0) is 4.79 Å². The van der Waals surface area contributed by atoms with Gasteiger partial charge in [0.15, 0.2) is 0 Å². The minimum Gasteiger partial charge on any atom is -0.464 e. The van der Waals surface area contributed by atoms with Crippen molar-refractivity contribution in [2.75, 3.05) is 0 Å². The van der Waals surface area contributed by atoms with Crippen LogP contribution in [0.1, 0.15) is 51.2 Å². The molecule has 18 heavy (non-hydrogen) atoms. The highest BCUT2D eigenvalue weighted by Gasteiger charge is 2.28. The fraction of sp³-hybridized carbons (Fsp3) is 0.615. The Hall–Kier alpha value is -1.00. The van der Waals surface area contributed by atoms with Crippen LogP contribution in [0.5, 0.6) is 0 Å². The molecule has 0 aliphatic heterocycles. The van der Waals surface area contributed by atoms with E-state index in [-0.39, 0.29) is 24.4 Å². The van der Waals surface area contributed by atoms with Gasteiger partial charge in [-0.15, -0.1) is 12.4 Å². The second-order valence-electron chi connectivity index (χ2n) is 4.81. The van der Waals surface area contributed by atoms with Crippen molar-refractivity contribution >= 4 is 18.3 Å². The quantitative estimate of drug-likeness (QED) is 0.867. The molecule has 0 saturated heterocycles. The molecule has 0 saturated carbocycles. The number of nitrogens with two attached hydrogens (primary N) is 1. The predicted octanol–water partition coefficient (Wildman–Crippen LogP) is 2.70. The van der Waals surface area contributed by atoms with Gasteiger partial charge >= 0.3 is 0 Å². The molecule has 104 valence electrons. The Bertz CT molecular complexity index is 388. The summed E-state index contributed by atoms with van der Waals surface area (Å²) in [5.41, 5.74) is 5.14. The van der Waals surface area contributed by atoms with Gasteiger partial charge in [-0.3, -0.25) is 4.79 Å². The van der Waals surface area contributed by atoms with Crippen LogP contribution in [0.15, 0.2) is 16.5 Å². The maximum absolute atomic E-state index is 12.0. The van der Waals surface area contributed by atoms with Crippen LogP contribution in [0.2, 0.25) is 0 Å². The van der Waals surface area contributed by atoms with Crippen molar-refractivity contribution in [3.63, 3.8) is 0 Å². The van der Waals surface area contributed by atoms with Crippen molar-refractivity contribution in [1.29, 1.82) is 0 Å². The smallest absolute Gasteiger partial charge is 0.240 e. The minimum absolute atomic E-state index is 0. The van der Waals surface area contributed by atoms with Gasteiger partial charge in [0, 0.05) is 0 Å². The Morgan fingerprint density at radius 2 is 2.17 bits per heavy atom. The number of furan rings is 1. The van der Waals surface area contributed by atoms with Crippen LogP contribution in [0, 0.1) is 6.92 Å². The highest BCUT2D eigenvalue weighted by molar-refractivity contribution is 5.86. The fourth-order valence-corrected chi connectivity index (χ4v) is 1.75. The number of rotatable bonds is 5. The van der Waals surface area contributed by atoms with Gasteiger partial charge in [-0.25, -0.2) is 0 Å². The summed E-state index contributed by atoms with van der Waals surface area (Å²) in [4.78, 5) is 12.0. The first-order valence-corrected chi connectivity index (χ1v) is 6.03. The zero-order valence-electron chi connectivity index (χ0n) is 11.4. The summed E-state index contributed by atoms with van der Waals surface area (Å²) in [5, 5.41) is 2.88. The van der Waals surface area contributed by atoms with Crippen molar-refractivity contribution < 1.29 is 9.21 Å². The van der Waals surface area contributed by atoms with E-state index in [1.165, 1.54) is 0 Å². The monoisotopic (exact) mass is 274 g/mol. The molecule has 4 nitrogen and oxygen atoms in total. The van der Waals surface area contributed by atoms with Gasteiger partial charge in [-0.2, -0.15) is 0 Å². The zero-order valence-corrected chi connectivity index (χ0v) is 12.3. The van der Waals surface area contributed by atoms with Crippen molar-refractivity contribution in [3.8, 4) is 0 Å². The van der Waals surface area contributed by atoms with Gasteiger partial charge in [-0.05, 0) is 39.3 Å². The first-order valence-electron chi connectivity index (χ1n) is 6.03. The topological polar surface area (TPSA) is 68.3 Å². The van der Waals surface area contributed by atoms with E-state index < -0.39 is 5.54 Å². The molecule has 0 aliphatic rings. The van der Waals surface area contributed by atoms with E-state index in [9.17, 15) is 4.79 Å². The van der Waals surface area contributed by atoms with E-state index in [1.807, 2.05) is 32.9 Å². The highest BCUT2D eigenvalue weighted by atomic mass is 35.5. The number of carbonyl (C=O) groups is 1. The van der Waals surface area contributed by atoms with Crippen LogP contribution in [0.3, 0.4) is 0 Å². The average molecular weight is 275 g/mol. The van der Waals surface area contributed by atoms with E-state index in [1.54, 1.807) is 6.92 Å². The molecule has 1 amide bonds. The summed E-state index contributed by atoms with van der Waals surface area (Å²) in [6, 6.07) is 3.59. The SMILES string of the molecule is CCCC(C)(N)C(=O)NC(C)c1ccc(C)o1.Cl. The van der Waals surface area contributed by atoms with Crippen LogP contribution in [0.4, 0.5) is 0 Å². The Morgan fingerprint density at radius 1 is 1.56 bits per heavy atom. The summed E-state index contributed by atoms with van der Waals surface area (Å²) in [6.07, 6.45) is 1.55. The molecule has 1 aromatic heterocycles. The lowest BCUT2D eigenvalue weighted by molar-refractivity contribution is -0.126. The molecule has 0 spiro atoms. The maximum Gasteiger partial charge on any atom is 0.240 e. The van der Waals surface area contributed by atoms with Crippen molar-refractivity contribution in [3.05, 3.63) is 23.7 Å². The molecule has 1 aromatic rings. The van der Waals surface area contributed by atoms with E-state index in [4.69, 9.17) is 10.2 Å². The molecule has 0 aliphatic carbocycles. The first kappa shape index (κ1) is 17.0. The van der Waals surface area contributed by atoms with Gasteiger partial charge in [0.1, 0.15) is 11.5 Å². The molecule has 0 bridgehead atoms. The van der Waals surface area contributed by atoms with Gasteiger partial charge < -0.3 is 15.5 Å². The lowest BCUT2D eigenvalue weighted by Crippen LogP contribution is -2.51. The van der Waals surface area contributed by atoms with Gasteiger partial charge in [0.2, 0.25) is 5.91 Å². The van der Waals surface area contributed by atoms with Gasteiger partial charge in [0.05, 0.1) is 11.6 Å². The molecule has 0 radical (unpaired) electrons. The van der Waals surface area contributed by atoms with E-state index in [0.717, 1.165) is 17.9 Å². The van der Waals surface area contributed by atoms with E-state index in [0.29, 0.717) is 6.42 Å². The molecular weight excluding hydrogens is 252 g/mol. The number of halogens is 1. The molecule has 0 fully saturated rings. The van der Waals surface area contributed by atoms with Crippen molar-refractivity contribution in [2.24, 2.45) is 5.73 Å². The number of hydrogen-bond acceptors (Lipinski definition) is 3. The van der Waals surface area contributed by atoms with E-state index >= 15 is 0 Å². The number of amides is 1. The molecule has 1 heterocycles. The normalized spacial score (nSPS) is 15.4. The fourth-order valence-electron chi connectivity index (χ4n) is 1.75. The minimum atomic E-state index is -0.815. The molecule has 2 atom stereocenters. The summed E-state index contributed by atoms with van der Waals surface area (Å²) < 4.78 is 5.46. The van der Waals surface area contributed by atoms with Gasteiger partial charge in [-0.1, -0.05) is 13.3 Å². The lowest BCUT2D eigenvalue weighted by Gasteiger charge is -2.24. The third kappa shape index (κ3) is 4.35. The summed E-state index contributed by atoms with van der Waals surface area (Å²) in [6.45, 7) is 7.53. The second-order valence-corrected chi connectivity index (χ2v) is 4.81. The largest absolute Gasteiger partial charge is 0.464 e. The third-order valence-corrected chi connectivity index (χ3v) is 2.82. The third-order valence-electron chi connectivity index (χ3n) is 2.82. The Kier molecular flexibility index (Phi) is 6.43. The Labute approximate surface area is 115 Å². The second kappa shape index (κ2) is 6.81. The van der Waals surface area contributed by atoms with Gasteiger partial charge in [0.25, 0.3) is 0 Å². The lowest BCUT2D eigenvalue weighted by atomic mass is 9.96. The standard InChI is InChI=1S/C13H22N2O2.ClH/c1-5-8-13(4,14)12(16)15-10(3)11-7-6-9(2)17-11;/h6-7,10H,5,8,14H2,1-4H3,(H,15,16);1H. The molecule has 5 heteroatoms. The molecular formula is C13H23ClN2O2. The number of carbonyl (C=O) groups excluding carboxylic acids is 1. The molecule has 1 rings (SSSR count). The maximum atomic E-state index is 12.0. The molecule has 3 N–H and O–H groups in total. The first-order chi connectivity index (χ1) is 7.86. The van der Waals surface area contributed by atoms with E-state index in [2.05, 4.69) is 5.32 Å².